The first kappa shape index (κ1) is 97.9. The van der Waals surface area contributed by atoms with Gasteiger partial charge in [-0.2, -0.15) is 0 Å². The van der Waals surface area contributed by atoms with E-state index in [1.807, 2.05) is 49.1 Å². The Kier molecular flexibility index (Phi) is 27.5. The summed E-state index contributed by atoms with van der Waals surface area (Å²) in [6, 6.07) is 131. The predicted octanol–water partition coefficient (Wildman–Crippen LogP) is 38.1. The van der Waals surface area contributed by atoms with Crippen molar-refractivity contribution in [3.63, 3.8) is 0 Å². The van der Waals surface area contributed by atoms with Crippen LogP contribution in [0.3, 0.4) is 0 Å². The molecule has 732 valence electrons. The van der Waals surface area contributed by atoms with Crippen LogP contribution in [0.5, 0.6) is 0 Å². The van der Waals surface area contributed by atoms with Crippen LogP contribution >= 0.6 is 0 Å². The lowest BCUT2D eigenvalue weighted by Crippen LogP contribution is -2.00. The van der Waals surface area contributed by atoms with Gasteiger partial charge >= 0.3 is 0 Å². The highest BCUT2D eigenvalue weighted by molar-refractivity contribution is 6.16. The van der Waals surface area contributed by atoms with Crippen LogP contribution in [-0.2, 0) is 0 Å². The third-order valence-corrected chi connectivity index (χ3v) is 28.8. The van der Waals surface area contributed by atoms with Gasteiger partial charge in [0.15, 0.2) is 5.69 Å². The third kappa shape index (κ3) is 18.2. The Hall–Kier alpha value is -16.6. The normalized spacial score (nSPS) is 11.7. The van der Waals surface area contributed by atoms with Crippen molar-refractivity contribution in [2.75, 3.05) is 0 Å². The summed E-state index contributed by atoms with van der Waals surface area (Å²) in [6.07, 6.45) is 7.54. The van der Waals surface area contributed by atoms with Crippen LogP contribution in [0.4, 0.5) is 5.69 Å². The molecule has 0 saturated heterocycles. The van der Waals surface area contributed by atoms with E-state index in [0.717, 1.165) is 16.7 Å². The number of pyridine rings is 3. The average molecular weight is 1920 g/mol. The van der Waals surface area contributed by atoms with Gasteiger partial charge in [-0.1, -0.05) is 224 Å². The molecule has 0 bridgehead atoms. The third-order valence-electron chi connectivity index (χ3n) is 28.8. The number of hydrogen-bond donors (Lipinski definition) is 0. The minimum absolute atomic E-state index is 0.378. The zero-order chi connectivity index (χ0) is 102. The van der Waals surface area contributed by atoms with E-state index in [2.05, 4.69) is 533 Å². The van der Waals surface area contributed by atoms with Crippen LogP contribution in [0.25, 0.3) is 207 Å². The van der Waals surface area contributed by atoms with Gasteiger partial charge in [-0.15, -0.1) is 0 Å². The fourth-order valence-corrected chi connectivity index (χ4v) is 22.8. The molecule has 0 spiro atoms. The fraction of sp³-hybridized carbons (Fsp3) is 0.209. The van der Waals surface area contributed by atoms with Crippen molar-refractivity contribution in [2.24, 2.45) is 0 Å². The number of aryl methyl sites for hydroxylation is 4. The van der Waals surface area contributed by atoms with E-state index in [9.17, 15) is 0 Å². The van der Waals surface area contributed by atoms with Crippen LogP contribution in [-0.4, -0.2) is 56.1 Å². The maximum Gasteiger partial charge on any atom is 0.189 e. The van der Waals surface area contributed by atoms with E-state index < -0.39 is 0 Å². The van der Waals surface area contributed by atoms with E-state index in [4.69, 9.17) is 6.57 Å². The van der Waals surface area contributed by atoms with Crippen molar-refractivity contribution >= 4 is 202 Å². The molecule has 27 rings (SSSR count). The zero-order valence-electron chi connectivity index (χ0n) is 88.3. The lowest BCUT2D eigenvalue weighted by atomic mass is 10.1. The van der Waals surface area contributed by atoms with Gasteiger partial charge in [-0.3, -0.25) is 9.97 Å². The first-order valence-corrected chi connectivity index (χ1v) is 52.2. The highest BCUT2D eigenvalue weighted by Crippen LogP contribution is 2.43. The molecule has 0 N–H and O–H groups in total. The molecule has 12 aromatic heterocycles. The molecule has 27 aromatic rings. The first-order chi connectivity index (χ1) is 71.3. The number of hydrogen-bond acceptors (Lipinski definition) is 3. The molecule has 0 radical (unpaired) electrons. The second-order valence-corrected chi connectivity index (χ2v) is 41.4. The molecule has 12 heterocycles. The summed E-state index contributed by atoms with van der Waals surface area (Å²) in [7, 11) is 0. The van der Waals surface area contributed by atoms with Crippen LogP contribution in [0.15, 0.2) is 383 Å². The number of nitrogens with zero attached hydrogens (tertiary/aromatic N) is 13. The summed E-state index contributed by atoms with van der Waals surface area (Å²) in [4.78, 5) is 16.8. The molecule has 0 aliphatic heterocycles. The smallest absolute Gasteiger partial charge is 0.189 e. The van der Waals surface area contributed by atoms with Gasteiger partial charge in [0.05, 0.1) is 45.2 Å². The zero-order valence-corrected chi connectivity index (χ0v) is 88.3. The van der Waals surface area contributed by atoms with Crippen molar-refractivity contribution in [3.05, 3.63) is 416 Å². The predicted molar refractivity (Wildman–Crippen MR) is 632 cm³/mol. The van der Waals surface area contributed by atoms with Crippen molar-refractivity contribution < 1.29 is 0 Å². The Labute approximate surface area is 861 Å². The van der Waals surface area contributed by atoms with E-state index >= 15 is 0 Å². The Bertz CT molecular complexity index is 8820. The maximum atomic E-state index is 7.18. The van der Waals surface area contributed by atoms with E-state index in [-0.39, 0.29) is 0 Å². The molecule has 0 atom stereocenters. The van der Waals surface area contributed by atoms with Gasteiger partial charge in [0.2, 0.25) is 0 Å². The standard InChI is InChI=1S/C27H22N2.C17H16N2.C17H19N.C16H17N.C15H15N.3C14H14N2/c1-18(2)28-24-12-6-5-11-22(24)23-17-19(15-16-27(23)28)29-25-13-7-3-9-20(25)21-10-4-8-14-26(21)29;1-11(2)19-16-9-12(3)5-7-14(16)15-8-6-13(18-4)10-17(15)19;1-11(2)18-16-9-12(3)5-7-14(16)15-8-6-13(4)10-17(15)18;1-11(2)17-15-7-5-4-6-13(15)14-9-8-12(3)10-16(14)17;1-11(2)16-14-9-5-3-7-12(14)13-8-4-6-10-15(13)16;1-10(2)16-13-8-4-3-6-11(13)12-7-5-9-15-14(12)16;1-10(2)16-12-7-4-3-6-11(12)14-13(16)8-5-9-15-14;1-10(2)16-13-6-4-3-5-11(13)12-9-15-8-7-14(12)16/h3-18H,1-2H3;5-11H,1-3H3;5-11H,1-4H3;4-11H,1-3H3;3-11H,1-2H3;3*3-10H,1-2H3. The highest BCUT2D eigenvalue weighted by Gasteiger charge is 2.23. The molecular weight excluding hydrogens is 1790 g/mol. The Balaban J connectivity index is 0.000000103. The summed E-state index contributed by atoms with van der Waals surface area (Å²) in [5, 5.41) is 22.2. The maximum absolute atomic E-state index is 7.18. The second-order valence-electron chi connectivity index (χ2n) is 41.4. The first-order valence-electron chi connectivity index (χ1n) is 52.2. The van der Waals surface area contributed by atoms with Crippen molar-refractivity contribution in [1.29, 1.82) is 0 Å². The summed E-state index contributed by atoms with van der Waals surface area (Å²) in [5.41, 5.74) is 31.2. The van der Waals surface area contributed by atoms with Crippen LogP contribution in [0, 0.1) is 34.3 Å². The lowest BCUT2D eigenvalue weighted by Gasteiger charge is -2.12. The van der Waals surface area contributed by atoms with Gasteiger partial charge in [-0.25, -0.2) is 9.83 Å². The molecular formula is C134H131N13. The minimum atomic E-state index is 0.378. The molecule has 147 heavy (non-hydrogen) atoms. The van der Waals surface area contributed by atoms with Gasteiger partial charge in [0, 0.05) is 231 Å². The number of fused-ring (bicyclic) bond motifs is 27. The molecule has 0 unspecified atom stereocenters. The number of para-hydroxylation sites is 9. The quantitative estimate of drug-likeness (QED) is 0.135. The fourth-order valence-electron chi connectivity index (χ4n) is 22.8. The van der Waals surface area contributed by atoms with E-state index in [0.29, 0.717) is 54.0 Å². The van der Waals surface area contributed by atoms with E-state index in [1.165, 1.54) is 208 Å². The van der Waals surface area contributed by atoms with Crippen LogP contribution in [0.1, 0.15) is 181 Å². The summed E-state index contributed by atoms with van der Waals surface area (Å²) in [6.45, 7) is 51.4. The average Bonchev–Trinajstić information content (AvgIpc) is 1.57. The highest BCUT2D eigenvalue weighted by atomic mass is 15.1. The summed E-state index contributed by atoms with van der Waals surface area (Å²) < 4.78 is 21.5. The monoisotopic (exact) mass is 1920 g/mol. The Morgan fingerprint density at radius 1 is 0.197 bits per heavy atom. The molecule has 13 nitrogen and oxygen atoms in total. The van der Waals surface area contributed by atoms with Crippen LogP contribution < -0.4 is 0 Å². The van der Waals surface area contributed by atoms with E-state index in [1.54, 1.807) is 0 Å². The minimum Gasteiger partial charge on any atom is -0.339 e. The topological polar surface area (TPSA) is 87.4 Å². The summed E-state index contributed by atoms with van der Waals surface area (Å²) in [5.74, 6) is 0. The SMILES string of the molecule is CC(C)n1c2ccccc2c2cc(-n3c4ccccc4c4ccccc43)ccc21.CC(C)n1c2ccccc2c2ccccc21.CC(C)n1c2ccccc2c2cccnc21.CC(C)n1c2ccccc2c2cnccc21.CC(C)n1c2ccccc2c2ncccc21.Cc1ccc2c3ccc(C)cc3n(C(C)C)c2c1.Cc1ccc2c3ccccc3n(C(C)C)c2c1.[C-]#[N+]c1ccc2c3ccc(C)cc3n(C(C)C)c2c1. The van der Waals surface area contributed by atoms with Crippen molar-refractivity contribution in [2.45, 2.75) is 187 Å². The molecule has 13 heteroatoms. The number of rotatable bonds is 9. The Morgan fingerprint density at radius 3 is 0.844 bits per heavy atom. The van der Waals surface area contributed by atoms with Gasteiger partial charge in [0.1, 0.15) is 5.65 Å². The second kappa shape index (κ2) is 41.3. The van der Waals surface area contributed by atoms with Crippen molar-refractivity contribution in [3.8, 4) is 5.69 Å². The molecule has 0 saturated carbocycles. The van der Waals surface area contributed by atoms with Gasteiger partial charge < -0.3 is 41.1 Å². The molecule has 15 aromatic carbocycles. The van der Waals surface area contributed by atoms with Gasteiger partial charge in [-0.05, 0) is 294 Å². The molecule has 0 fully saturated rings. The summed E-state index contributed by atoms with van der Waals surface area (Å²) >= 11 is 0. The van der Waals surface area contributed by atoms with Crippen molar-refractivity contribution in [1.82, 2.24) is 56.1 Å². The van der Waals surface area contributed by atoms with Gasteiger partial charge in [0.25, 0.3) is 0 Å². The van der Waals surface area contributed by atoms with Crippen LogP contribution in [0.2, 0.25) is 0 Å². The number of benzene rings is 15. The lowest BCUT2D eigenvalue weighted by molar-refractivity contribution is 0.637. The molecule has 0 amide bonds. The molecule has 0 aliphatic rings. The largest absolute Gasteiger partial charge is 0.339 e. The Morgan fingerprint density at radius 2 is 0.456 bits per heavy atom. The molecule has 0 aliphatic carbocycles. The number of aromatic nitrogens is 12.